The maximum absolute atomic E-state index is 13.2. The third kappa shape index (κ3) is 3.78. The van der Waals surface area contributed by atoms with Crippen molar-refractivity contribution >= 4 is 22.8 Å². The lowest BCUT2D eigenvalue weighted by molar-refractivity contribution is -0.139. The van der Waals surface area contributed by atoms with Crippen molar-refractivity contribution in [3.63, 3.8) is 0 Å². The number of amides is 1. The van der Waals surface area contributed by atoms with Crippen LogP contribution in [0, 0.1) is 11.7 Å². The molecule has 22 heavy (non-hydrogen) atoms. The third-order valence-electron chi connectivity index (χ3n) is 3.22. The van der Waals surface area contributed by atoms with E-state index in [1.165, 1.54) is 30.5 Å². The first-order valence-electron chi connectivity index (χ1n) is 6.96. The quantitative estimate of drug-likeness (QED) is 0.890. The molecule has 1 aromatic heterocycles. The zero-order chi connectivity index (χ0) is 16.3. The summed E-state index contributed by atoms with van der Waals surface area (Å²) in [5.74, 6) is -1.91. The van der Waals surface area contributed by atoms with Crippen LogP contribution in [0.4, 0.5) is 4.39 Å². The SMILES string of the molecule is CC(C)CC(NC(=O)c1cnc2ccc(F)cc2c1)C(=O)O. The third-order valence-corrected chi connectivity index (χ3v) is 3.22. The molecule has 0 fully saturated rings. The molecule has 116 valence electrons. The normalized spacial score (nSPS) is 12.4. The van der Waals surface area contributed by atoms with E-state index in [-0.39, 0.29) is 11.5 Å². The summed E-state index contributed by atoms with van der Waals surface area (Å²) in [6.45, 7) is 3.75. The molecule has 2 rings (SSSR count). The number of halogens is 1. The number of benzene rings is 1. The molecule has 6 heteroatoms. The Kier molecular flexibility index (Phi) is 4.70. The van der Waals surface area contributed by atoms with Gasteiger partial charge in [-0.25, -0.2) is 9.18 Å². The van der Waals surface area contributed by atoms with Crippen LogP contribution in [0.3, 0.4) is 0 Å². The summed E-state index contributed by atoms with van der Waals surface area (Å²) in [6, 6.07) is 4.62. The zero-order valence-electron chi connectivity index (χ0n) is 12.3. The molecule has 0 spiro atoms. The highest BCUT2D eigenvalue weighted by molar-refractivity contribution is 5.99. The van der Waals surface area contributed by atoms with Crippen LogP contribution in [0.1, 0.15) is 30.6 Å². The largest absolute Gasteiger partial charge is 0.480 e. The molecule has 1 heterocycles. The second-order valence-corrected chi connectivity index (χ2v) is 5.55. The van der Waals surface area contributed by atoms with Gasteiger partial charge in [-0.2, -0.15) is 0 Å². The number of carboxylic acid groups (broad SMARTS) is 1. The number of hydrogen-bond donors (Lipinski definition) is 2. The Morgan fingerprint density at radius 2 is 2.05 bits per heavy atom. The molecule has 0 aliphatic heterocycles. The summed E-state index contributed by atoms with van der Waals surface area (Å²) in [5, 5.41) is 12.1. The van der Waals surface area contributed by atoms with Gasteiger partial charge in [-0.05, 0) is 36.6 Å². The van der Waals surface area contributed by atoms with Crippen molar-refractivity contribution in [3.05, 3.63) is 41.8 Å². The van der Waals surface area contributed by atoms with Crippen molar-refractivity contribution < 1.29 is 19.1 Å². The van der Waals surface area contributed by atoms with Gasteiger partial charge in [-0.1, -0.05) is 13.8 Å². The maximum Gasteiger partial charge on any atom is 0.326 e. The van der Waals surface area contributed by atoms with Gasteiger partial charge in [0.1, 0.15) is 11.9 Å². The topological polar surface area (TPSA) is 79.3 Å². The maximum atomic E-state index is 13.2. The van der Waals surface area contributed by atoms with Crippen LogP contribution >= 0.6 is 0 Å². The van der Waals surface area contributed by atoms with Crippen molar-refractivity contribution in [2.75, 3.05) is 0 Å². The van der Waals surface area contributed by atoms with E-state index >= 15 is 0 Å². The monoisotopic (exact) mass is 304 g/mol. The van der Waals surface area contributed by atoms with E-state index in [0.717, 1.165) is 0 Å². The van der Waals surface area contributed by atoms with Gasteiger partial charge in [-0.3, -0.25) is 9.78 Å². The van der Waals surface area contributed by atoms with Crippen molar-refractivity contribution in [1.82, 2.24) is 10.3 Å². The number of carbonyl (C=O) groups is 2. The van der Waals surface area contributed by atoms with Crippen LogP contribution in [0.15, 0.2) is 30.5 Å². The Hall–Kier alpha value is -2.50. The molecule has 1 amide bonds. The van der Waals surface area contributed by atoms with Crippen LogP contribution in [0.5, 0.6) is 0 Å². The first kappa shape index (κ1) is 15.9. The Balaban J connectivity index is 2.23. The Labute approximate surface area is 127 Å². The Bertz CT molecular complexity index is 716. The molecular weight excluding hydrogens is 287 g/mol. The number of pyridine rings is 1. The smallest absolute Gasteiger partial charge is 0.326 e. The number of hydrogen-bond acceptors (Lipinski definition) is 3. The zero-order valence-corrected chi connectivity index (χ0v) is 12.3. The highest BCUT2D eigenvalue weighted by Gasteiger charge is 2.22. The van der Waals surface area contributed by atoms with E-state index in [0.29, 0.717) is 17.3 Å². The fourth-order valence-electron chi connectivity index (χ4n) is 2.16. The standard InChI is InChI=1S/C16H17FN2O3/c1-9(2)5-14(16(21)22)19-15(20)11-6-10-7-12(17)3-4-13(10)18-8-11/h3-4,6-9,14H,5H2,1-2H3,(H,19,20)(H,21,22). The van der Waals surface area contributed by atoms with Gasteiger partial charge in [0, 0.05) is 11.6 Å². The molecule has 1 unspecified atom stereocenters. The van der Waals surface area contributed by atoms with Crippen LogP contribution in [-0.2, 0) is 4.79 Å². The Morgan fingerprint density at radius 3 is 2.68 bits per heavy atom. The van der Waals surface area contributed by atoms with Crippen LogP contribution in [0.25, 0.3) is 10.9 Å². The lowest BCUT2D eigenvalue weighted by Gasteiger charge is -2.16. The van der Waals surface area contributed by atoms with E-state index in [4.69, 9.17) is 5.11 Å². The van der Waals surface area contributed by atoms with E-state index in [1.54, 1.807) is 0 Å². The molecule has 0 aliphatic carbocycles. The number of nitrogens with zero attached hydrogens (tertiary/aromatic N) is 1. The van der Waals surface area contributed by atoms with Gasteiger partial charge < -0.3 is 10.4 Å². The summed E-state index contributed by atoms with van der Waals surface area (Å²) in [4.78, 5) is 27.4. The second kappa shape index (κ2) is 6.51. The number of rotatable bonds is 5. The molecular formula is C16H17FN2O3. The van der Waals surface area contributed by atoms with Gasteiger partial charge in [0.15, 0.2) is 0 Å². The van der Waals surface area contributed by atoms with Gasteiger partial charge >= 0.3 is 5.97 Å². The predicted octanol–water partition coefficient (Wildman–Crippen LogP) is 2.60. The molecule has 0 saturated heterocycles. The lowest BCUT2D eigenvalue weighted by Crippen LogP contribution is -2.41. The lowest BCUT2D eigenvalue weighted by atomic mass is 10.0. The van der Waals surface area contributed by atoms with Gasteiger partial charge in [0.25, 0.3) is 5.91 Å². The van der Waals surface area contributed by atoms with E-state index in [1.807, 2.05) is 13.8 Å². The molecule has 1 aromatic carbocycles. The van der Waals surface area contributed by atoms with E-state index < -0.39 is 23.7 Å². The fraction of sp³-hybridized carbons (Fsp3) is 0.312. The summed E-state index contributed by atoms with van der Waals surface area (Å²) in [5.41, 5.74) is 0.767. The average Bonchev–Trinajstić information content (AvgIpc) is 2.45. The average molecular weight is 304 g/mol. The molecule has 2 aromatic rings. The first-order valence-corrected chi connectivity index (χ1v) is 6.96. The molecule has 0 saturated carbocycles. The van der Waals surface area contributed by atoms with E-state index in [9.17, 15) is 14.0 Å². The van der Waals surface area contributed by atoms with E-state index in [2.05, 4.69) is 10.3 Å². The molecule has 1 atom stereocenters. The predicted molar refractivity (Wildman–Crippen MR) is 80.0 cm³/mol. The second-order valence-electron chi connectivity index (χ2n) is 5.55. The minimum absolute atomic E-state index is 0.130. The summed E-state index contributed by atoms with van der Waals surface area (Å²) < 4.78 is 13.2. The molecule has 0 aliphatic rings. The highest BCUT2D eigenvalue weighted by atomic mass is 19.1. The molecule has 0 radical (unpaired) electrons. The van der Waals surface area contributed by atoms with Crippen molar-refractivity contribution in [1.29, 1.82) is 0 Å². The van der Waals surface area contributed by atoms with Crippen molar-refractivity contribution in [2.45, 2.75) is 26.3 Å². The van der Waals surface area contributed by atoms with Crippen LogP contribution in [-0.4, -0.2) is 28.0 Å². The van der Waals surface area contributed by atoms with Gasteiger partial charge in [0.2, 0.25) is 0 Å². The number of nitrogens with one attached hydrogen (secondary N) is 1. The number of carboxylic acids is 1. The first-order chi connectivity index (χ1) is 10.4. The molecule has 5 nitrogen and oxygen atoms in total. The van der Waals surface area contributed by atoms with Crippen molar-refractivity contribution in [2.24, 2.45) is 5.92 Å². The molecule has 0 bridgehead atoms. The number of carbonyl (C=O) groups excluding carboxylic acids is 1. The number of fused-ring (bicyclic) bond motifs is 1. The summed E-state index contributed by atoms with van der Waals surface area (Å²) in [7, 11) is 0. The minimum Gasteiger partial charge on any atom is -0.480 e. The number of aliphatic carboxylic acids is 1. The Morgan fingerprint density at radius 1 is 1.32 bits per heavy atom. The summed E-state index contributed by atoms with van der Waals surface area (Å²) >= 11 is 0. The molecule has 2 N–H and O–H groups in total. The van der Waals surface area contributed by atoms with Crippen LogP contribution in [0.2, 0.25) is 0 Å². The van der Waals surface area contributed by atoms with Gasteiger partial charge in [-0.15, -0.1) is 0 Å². The highest BCUT2D eigenvalue weighted by Crippen LogP contribution is 2.15. The van der Waals surface area contributed by atoms with Crippen LogP contribution < -0.4 is 5.32 Å². The summed E-state index contributed by atoms with van der Waals surface area (Å²) in [6.07, 6.45) is 1.68. The van der Waals surface area contributed by atoms with Crippen molar-refractivity contribution in [3.8, 4) is 0 Å². The number of aromatic nitrogens is 1. The van der Waals surface area contributed by atoms with Gasteiger partial charge in [0.05, 0.1) is 11.1 Å². The fourth-order valence-corrected chi connectivity index (χ4v) is 2.16. The minimum atomic E-state index is -1.08.